The van der Waals surface area contributed by atoms with Gasteiger partial charge in [0.15, 0.2) is 0 Å². The molecule has 0 aromatic carbocycles. The first kappa shape index (κ1) is 11.7. The minimum atomic E-state index is -0.683. The van der Waals surface area contributed by atoms with Crippen LogP contribution in [0.5, 0.6) is 0 Å². The van der Waals surface area contributed by atoms with Crippen molar-refractivity contribution in [1.82, 2.24) is 9.97 Å². The second-order valence-electron chi connectivity index (χ2n) is 4.25. The number of nitrogen functional groups attached to an aromatic ring is 1. The molecule has 1 heterocycles. The average Bonchev–Trinajstić information content (AvgIpc) is 2.09. The Morgan fingerprint density at radius 1 is 1.47 bits per heavy atom. The Bertz CT molecular complexity index is 403. The molecule has 0 bridgehead atoms. The zero-order valence-corrected chi connectivity index (χ0v) is 9.42. The van der Waals surface area contributed by atoms with E-state index in [-0.39, 0.29) is 11.4 Å². The van der Waals surface area contributed by atoms with Gasteiger partial charge in [-0.2, -0.15) is 0 Å². The molecule has 1 aromatic heterocycles. The van der Waals surface area contributed by atoms with Gasteiger partial charge in [-0.1, -0.05) is 13.3 Å². The minimum absolute atomic E-state index is 0.183. The van der Waals surface area contributed by atoms with E-state index >= 15 is 0 Å². The molecule has 0 saturated heterocycles. The quantitative estimate of drug-likeness (QED) is 0.676. The number of anilines is 1. The Morgan fingerprint density at radius 3 is 2.47 bits per heavy atom. The lowest BCUT2D eigenvalue weighted by atomic mass is 10.1. The van der Waals surface area contributed by atoms with Crippen molar-refractivity contribution in [3.05, 3.63) is 21.7 Å². The molecule has 15 heavy (non-hydrogen) atoms. The topological polar surface area (TPSA) is 97.8 Å². The van der Waals surface area contributed by atoms with Crippen molar-refractivity contribution in [2.45, 2.75) is 39.2 Å². The fourth-order valence-corrected chi connectivity index (χ4v) is 1.31. The van der Waals surface area contributed by atoms with Crippen LogP contribution in [0.4, 0.5) is 5.82 Å². The highest BCUT2D eigenvalue weighted by Gasteiger charge is 2.19. The van der Waals surface area contributed by atoms with Crippen molar-refractivity contribution in [3.8, 4) is 0 Å². The third-order valence-electron chi connectivity index (χ3n) is 2.16. The minimum Gasteiger partial charge on any atom is -0.383 e. The van der Waals surface area contributed by atoms with Gasteiger partial charge in [0, 0.05) is 0 Å². The summed E-state index contributed by atoms with van der Waals surface area (Å²) in [5.74, 6) is 0.707. The molecule has 0 amide bonds. The fraction of sp³-hybridized carbons (Fsp3) is 0.600. The van der Waals surface area contributed by atoms with Crippen LogP contribution >= 0.6 is 0 Å². The summed E-state index contributed by atoms with van der Waals surface area (Å²) in [4.78, 5) is 18.5. The molecule has 0 aliphatic carbocycles. The van der Waals surface area contributed by atoms with Gasteiger partial charge in [-0.05, 0) is 20.3 Å². The van der Waals surface area contributed by atoms with Crippen LogP contribution in [0.3, 0.4) is 0 Å². The number of hydrogen-bond acceptors (Lipinski definition) is 4. The number of nitrogens with one attached hydrogen (secondary N) is 1. The lowest BCUT2D eigenvalue weighted by molar-refractivity contribution is 0.511. The smallest absolute Gasteiger partial charge is 0.256 e. The van der Waals surface area contributed by atoms with E-state index in [4.69, 9.17) is 11.5 Å². The molecule has 5 nitrogen and oxygen atoms in total. The number of aromatic amines is 1. The molecule has 0 atom stereocenters. The van der Waals surface area contributed by atoms with E-state index in [1.54, 1.807) is 13.8 Å². The standard InChI is InChI=1S/C10H18N4O/c1-4-5-6-7(11)13-9(10(2,3)12)14-8(6)15/h4-5,12H2,1-3H3,(H3,11,13,14,15). The monoisotopic (exact) mass is 210 g/mol. The summed E-state index contributed by atoms with van der Waals surface area (Å²) in [5.41, 5.74) is 11.2. The number of rotatable bonds is 3. The molecule has 5 N–H and O–H groups in total. The predicted octanol–water partition coefficient (Wildman–Crippen LogP) is 0.498. The van der Waals surface area contributed by atoms with Crippen LogP contribution in [-0.4, -0.2) is 9.97 Å². The van der Waals surface area contributed by atoms with Crippen molar-refractivity contribution in [2.24, 2.45) is 5.73 Å². The fourth-order valence-electron chi connectivity index (χ4n) is 1.31. The van der Waals surface area contributed by atoms with Gasteiger partial charge in [-0.25, -0.2) is 4.98 Å². The second kappa shape index (κ2) is 4.02. The molecule has 0 unspecified atom stereocenters. The van der Waals surface area contributed by atoms with Crippen molar-refractivity contribution in [2.75, 3.05) is 5.73 Å². The van der Waals surface area contributed by atoms with E-state index in [0.717, 1.165) is 6.42 Å². The maximum absolute atomic E-state index is 11.7. The van der Waals surface area contributed by atoms with Crippen molar-refractivity contribution >= 4 is 5.82 Å². The zero-order valence-electron chi connectivity index (χ0n) is 9.42. The molecule has 1 rings (SSSR count). The van der Waals surface area contributed by atoms with Crippen LogP contribution in [0.2, 0.25) is 0 Å². The van der Waals surface area contributed by atoms with Crippen LogP contribution in [0.15, 0.2) is 4.79 Å². The molecule has 84 valence electrons. The normalized spacial score (nSPS) is 11.7. The van der Waals surface area contributed by atoms with E-state index in [1.165, 1.54) is 0 Å². The summed E-state index contributed by atoms with van der Waals surface area (Å²) in [6.07, 6.45) is 1.50. The van der Waals surface area contributed by atoms with Crippen LogP contribution in [0, 0.1) is 0 Å². The van der Waals surface area contributed by atoms with Crippen molar-refractivity contribution in [3.63, 3.8) is 0 Å². The molecule has 0 saturated carbocycles. The maximum Gasteiger partial charge on any atom is 0.256 e. The number of hydrogen-bond donors (Lipinski definition) is 3. The van der Waals surface area contributed by atoms with Crippen LogP contribution in [0.1, 0.15) is 38.6 Å². The molecule has 5 heteroatoms. The van der Waals surface area contributed by atoms with Gasteiger partial charge in [0.05, 0.1) is 11.1 Å². The number of nitrogens with zero attached hydrogens (tertiary/aromatic N) is 1. The number of aromatic nitrogens is 2. The van der Waals surface area contributed by atoms with Crippen LogP contribution in [-0.2, 0) is 12.0 Å². The third-order valence-corrected chi connectivity index (χ3v) is 2.16. The lowest BCUT2D eigenvalue weighted by Crippen LogP contribution is -2.34. The molecule has 0 aliphatic heterocycles. The number of nitrogens with two attached hydrogens (primary N) is 2. The summed E-state index contributed by atoms with van der Waals surface area (Å²) in [7, 11) is 0. The molecule has 0 radical (unpaired) electrons. The summed E-state index contributed by atoms with van der Waals surface area (Å²) in [5, 5.41) is 0. The largest absolute Gasteiger partial charge is 0.383 e. The lowest BCUT2D eigenvalue weighted by Gasteiger charge is -2.18. The number of H-pyrrole nitrogens is 1. The highest BCUT2D eigenvalue weighted by molar-refractivity contribution is 5.38. The van der Waals surface area contributed by atoms with Crippen LogP contribution in [0.25, 0.3) is 0 Å². The Balaban J connectivity index is 3.26. The first-order valence-electron chi connectivity index (χ1n) is 5.04. The van der Waals surface area contributed by atoms with Gasteiger partial charge in [-0.15, -0.1) is 0 Å². The Hall–Kier alpha value is -1.36. The molecular formula is C10H18N4O. The van der Waals surface area contributed by atoms with Gasteiger partial charge in [0.2, 0.25) is 0 Å². The summed E-state index contributed by atoms with van der Waals surface area (Å²) in [6.45, 7) is 5.52. The highest BCUT2D eigenvalue weighted by atomic mass is 16.1. The summed E-state index contributed by atoms with van der Waals surface area (Å²) in [6, 6.07) is 0. The summed E-state index contributed by atoms with van der Waals surface area (Å²) < 4.78 is 0. The Morgan fingerprint density at radius 2 is 2.07 bits per heavy atom. The van der Waals surface area contributed by atoms with E-state index in [0.29, 0.717) is 17.8 Å². The predicted molar refractivity (Wildman–Crippen MR) is 60.5 cm³/mol. The van der Waals surface area contributed by atoms with E-state index in [2.05, 4.69) is 9.97 Å². The summed E-state index contributed by atoms with van der Waals surface area (Å²) >= 11 is 0. The van der Waals surface area contributed by atoms with Gasteiger partial charge < -0.3 is 16.5 Å². The Labute approximate surface area is 88.9 Å². The molecule has 1 aromatic rings. The second-order valence-corrected chi connectivity index (χ2v) is 4.25. The maximum atomic E-state index is 11.7. The first-order chi connectivity index (χ1) is 6.86. The van der Waals surface area contributed by atoms with Gasteiger partial charge in [0.1, 0.15) is 11.6 Å². The third kappa shape index (κ3) is 2.56. The van der Waals surface area contributed by atoms with E-state index in [9.17, 15) is 4.79 Å². The van der Waals surface area contributed by atoms with E-state index < -0.39 is 5.54 Å². The average molecular weight is 210 g/mol. The Kier molecular flexibility index (Phi) is 3.14. The zero-order chi connectivity index (χ0) is 11.6. The highest BCUT2D eigenvalue weighted by Crippen LogP contribution is 2.13. The first-order valence-corrected chi connectivity index (χ1v) is 5.04. The van der Waals surface area contributed by atoms with Gasteiger partial charge in [0.25, 0.3) is 5.56 Å². The van der Waals surface area contributed by atoms with E-state index in [1.807, 2.05) is 6.92 Å². The molecule has 0 aliphatic rings. The van der Waals surface area contributed by atoms with Crippen molar-refractivity contribution < 1.29 is 0 Å². The van der Waals surface area contributed by atoms with Gasteiger partial charge in [-0.3, -0.25) is 4.79 Å². The molecule has 0 spiro atoms. The van der Waals surface area contributed by atoms with Crippen molar-refractivity contribution in [1.29, 1.82) is 0 Å². The van der Waals surface area contributed by atoms with Crippen LogP contribution < -0.4 is 17.0 Å². The van der Waals surface area contributed by atoms with Gasteiger partial charge >= 0.3 is 0 Å². The molecule has 0 fully saturated rings. The molecular weight excluding hydrogens is 192 g/mol. The SMILES string of the molecule is CCCc1c(N)nc(C(C)(C)N)[nH]c1=O.